The monoisotopic (exact) mass is 454 g/mol. The molecule has 1 aliphatic rings. The number of methoxy groups -OCH3 is 1. The van der Waals surface area contributed by atoms with Gasteiger partial charge in [0.2, 0.25) is 11.8 Å². The first-order chi connectivity index (χ1) is 15.4. The van der Waals surface area contributed by atoms with Crippen molar-refractivity contribution in [3.63, 3.8) is 0 Å². The molecule has 10 heteroatoms. The summed E-state index contributed by atoms with van der Waals surface area (Å²) in [6.45, 7) is 0. The molecule has 3 aromatic rings. The number of carbonyl (C=O) groups excluding carboxylic acids is 2. The first kappa shape index (κ1) is 21.6. The average molecular weight is 454 g/mol. The molecule has 8 nitrogen and oxygen atoms in total. The van der Waals surface area contributed by atoms with E-state index in [1.807, 2.05) is 0 Å². The van der Waals surface area contributed by atoms with E-state index in [0.29, 0.717) is 17.0 Å². The lowest BCUT2D eigenvalue weighted by Crippen LogP contribution is -2.36. The summed E-state index contributed by atoms with van der Waals surface area (Å²) >= 11 is 1.12. The maximum absolute atomic E-state index is 13.8. The maximum atomic E-state index is 13.8. The number of thioether (sulfide) groups is 1. The van der Waals surface area contributed by atoms with Gasteiger partial charge in [-0.05, 0) is 23.8 Å². The molecule has 2 amide bonds. The van der Waals surface area contributed by atoms with Crippen LogP contribution in [0.4, 0.5) is 15.9 Å². The topological polar surface area (TPSA) is 113 Å². The van der Waals surface area contributed by atoms with E-state index in [2.05, 4.69) is 20.6 Å². The third kappa shape index (κ3) is 4.65. The number of anilines is 2. The molecule has 2 aromatic carbocycles. The van der Waals surface area contributed by atoms with E-state index >= 15 is 0 Å². The molecule has 32 heavy (non-hydrogen) atoms. The van der Waals surface area contributed by atoms with Gasteiger partial charge >= 0.3 is 0 Å². The fourth-order valence-electron chi connectivity index (χ4n) is 3.33. The molecular formula is C22H19FN4O4S. The van der Waals surface area contributed by atoms with Gasteiger partial charge in [-0.15, -0.1) is 0 Å². The number of nitrogens with one attached hydrogen (secondary N) is 3. The molecule has 0 radical (unpaired) electrons. The number of ether oxygens (including phenoxy) is 1. The Balaban J connectivity index is 1.57. The smallest absolute Gasteiger partial charge is 0.257 e. The number of nitrogens with zero attached hydrogens (tertiary/aromatic N) is 1. The average Bonchev–Trinajstić information content (AvgIpc) is 2.77. The Morgan fingerprint density at radius 3 is 2.84 bits per heavy atom. The summed E-state index contributed by atoms with van der Waals surface area (Å²) in [6, 6.07) is 13.0. The van der Waals surface area contributed by atoms with E-state index in [0.717, 1.165) is 11.8 Å². The van der Waals surface area contributed by atoms with E-state index < -0.39 is 23.3 Å². The number of rotatable bonds is 6. The zero-order valence-electron chi connectivity index (χ0n) is 17.0. The highest BCUT2D eigenvalue weighted by molar-refractivity contribution is 7.98. The van der Waals surface area contributed by atoms with Gasteiger partial charge in [0.15, 0.2) is 5.16 Å². The van der Waals surface area contributed by atoms with Crippen LogP contribution >= 0.6 is 11.8 Å². The molecule has 164 valence electrons. The maximum Gasteiger partial charge on any atom is 0.257 e. The van der Waals surface area contributed by atoms with Crippen LogP contribution in [-0.4, -0.2) is 28.9 Å². The van der Waals surface area contributed by atoms with Gasteiger partial charge in [0, 0.05) is 23.9 Å². The van der Waals surface area contributed by atoms with Gasteiger partial charge in [0.1, 0.15) is 17.4 Å². The summed E-state index contributed by atoms with van der Waals surface area (Å²) in [5.41, 5.74) is 0.484. The number of hydrogen-bond acceptors (Lipinski definition) is 6. The zero-order valence-corrected chi connectivity index (χ0v) is 17.8. The molecule has 0 aliphatic carbocycles. The molecule has 4 rings (SSSR count). The molecule has 2 heterocycles. The second-order valence-electron chi connectivity index (χ2n) is 7.04. The predicted octanol–water partition coefficient (Wildman–Crippen LogP) is 3.27. The van der Waals surface area contributed by atoms with Crippen LogP contribution in [0.25, 0.3) is 0 Å². The van der Waals surface area contributed by atoms with Crippen molar-refractivity contribution in [2.75, 3.05) is 17.7 Å². The number of aromatic nitrogens is 2. The van der Waals surface area contributed by atoms with Gasteiger partial charge in [-0.2, -0.15) is 0 Å². The molecule has 1 atom stereocenters. The van der Waals surface area contributed by atoms with Gasteiger partial charge in [0.05, 0.1) is 18.6 Å². The van der Waals surface area contributed by atoms with Crippen LogP contribution in [0.3, 0.4) is 0 Å². The molecule has 0 saturated carbocycles. The van der Waals surface area contributed by atoms with Crippen molar-refractivity contribution >= 4 is 35.1 Å². The second-order valence-corrected chi connectivity index (χ2v) is 8.00. The van der Waals surface area contributed by atoms with Gasteiger partial charge in [0.25, 0.3) is 5.56 Å². The molecule has 0 fully saturated rings. The van der Waals surface area contributed by atoms with Crippen molar-refractivity contribution in [2.24, 2.45) is 0 Å². The van der Waals surface area contributed by atoms with E-state index in [4.69, 9.17) is 4.74 Å². The second kappa shape index (κ2) is 9.23. The molecule has 1 aromatic heterocycles. The number of halogens is 1. The highest BCUT2D eigenvalue weighted by Crippen LogP contribution is 2.31. The minimum atomic E-state index is -1.01. The molecule has 3 N–H and O–H groups in total. The lowest BCUT2D eigenvalue weighted by molar-refractivity contribution is -0.123. The number of aromatic amines is 1. The number of amides is 2. The number of carbonyl (C=O) groups is 2. The molecule has 0 spiro atoms. The Bertz CT molecular complexity index is 1250. The fourth-order valence-corrected chi connectivity index (χ4v) is 4.18. The van der Waals surface area contributed by atoms with E-state index in [1.165, 1.54) is 13.2 Å². The molecule has 0 bridgehead atoms. The Kier molecular flexibility index (Phi) is 6.22. The van der Waals surface area contributed by atoms with E-state index in [-0.39, 0.29) is 34.5 Å². The van der Waals surface area contributed by atoms with Gasteiger partial charge in [-0.25, -0.2) is 9.37 Å². The largest absolute Gasteiger partial charge is 0.497 e. The summed E-state index contributed by atoms with van der Waals surface area (Å²) < 4.78 is 19.0. The normalized spacial score (nSPS) is 14.9. The van der Waals surface area contributed by atoms with Crippen molar-refractivity contribution in [1.29, 1.82) is 0 Å². The van der Waals surface area contributed by atoms with Crippen molar-refractivity contribution in [2.45, 2.75) is 23.2 Å². The standard InChI is InChI=1S/C22H19FN4O4S/c1-31-14-7-4-6-13(9-14)24-20(29)15-10-17(28)25-19-18(15)21(30)27-22(26-19)32-11-12-5-2-3-8-16(12)23/h2-9,15H,10-11H2,1H3,(H,24,29)(H2,25,26,27,28,30)/t15-/m1/s1. The summed E-state index contributed by atoms with van der Waals surface area (Å²) in [4.78, 5) is 44.8. The van der Waals surface area contributed by atoms with Crippen molar-refractivity contribution in [1.82, 2.24) is 9.97 Å². The van der Waals surface area contributed by atoms with Crippen LogP contribution in [0.15, 0.2) is 58.5 Å². The molecule has 1 aliphatic heterocycles. The van der Waals surface area contributed by atoms with Crippen molar-refractivity contribution in [3.8, 4) is 5.75 Å². The first-order valence-corrected chi connectivity index (χ1v) is 10.7. The third-order valence-corrected chi connectivity index (χ3v) is 5.83. The third-order valence-electron chi connectivity index (χ3n) is 4.91. The van der Waals surface area contributed by atoms with Crippen molar-refractivity contribution < 1.29 is 18.7 Å². The van der Waals surface area contributed by atoms with Crippen LogP contribution in [-0.2, 0) is 15.3 Å². The molecular weight excluding hydrogens is 435 g/mol. The summed E-state index contributed by atoms with van der Waals surface area (Å²) in [5, 5.41) is 5.49. The lowest BCUT2D eigenvalue weighted by atomic mass is 9.92. The highest BCUT2D eigenvalue weighted by Gasteiger charge is 2.34. The minimum Gasteiger partial charge on any atom is -0.497 e. The molecule has 0 unspecified atom stereocenters. The van der Waals surface area contributed by atoms with Crippen molar-refractivity contribution in [3.05, 3.63) is 75.8 Å². The summed E-state index contributed by atoms with van der Waals surface area (Å²) in [7, 11) is 1.51. The van der Waals surface area contributed by atoms with Crippen LogP contribution < -0.4 is 20.9 Å². The van der Waals surface area contributed by atoms with Crippen LogP contribution in [0, 0.1) is 5.82 Å². The minimum absolute atomic E-state index is 0.0341. The quantitative estimate of drug-likeness (QED) is 0.389. The summed E-state index contributed by atoms with van der Waals surface area (Å²) in [5.74, 6) is -1.47. The Labute approximate surface area is 186 Å². The van der Waals surface area contributed by atoms with Gasteiger partial charge in [-0.1, -0.05) is 36.0 Å². The van der Waals surface area contributed by atoms with E-state index in [1.54, 1.807) is 42.5 Å². The number of hydrogen-bond donors (Lipinski definition) is 3. The number of fused-ring (bicyclic) bond motifs is 1. The fraction of sp³-hybridized carbons (Fsp3) is 0.182. The molecule has 0 saturated heterocycles. The number of H-pyrrole nitrogens is 1. The zero-order chi connectivity index (χ0) is 22.7. The predicted molar refractivity (Wildman–Crippen MR) is 118 cm³/mol. The Hall–Kier alpha value is -3.66. The lowest BCUT2D eigenvalue weighted by Gasteiger charge is -2.23. The first-order valence-electron chi connectivity index (χ1n) is 9.70. The Morgan fingerprint density at radius 1 is 1.25 bits per heavy atom. The summed E-state index contributed by atoms with van der Waals surface area (Å²) in [6.07, 6.45) is -0.185. The Morgan fingerprint density at radius 2 is 2.06 bits per heavy atom. The van der Waals surface area contributed by atoms with Gasteiger partial charge in [-0.3, -0.25) is 14.4 Å². The van der Waals surface area contributed by atoms with E-state index in [9.17, 15) is 18.8 Å². The van der Waals surface area contributed by atoms with Crippen LogP contribution in [0.1, 0.15) is 23.5 Å². The van der Waals surface area contributed by atoms with Crippen LogP contribution in [0.2, 0.25) is 0 Å². The van der Waals surface area contributed by atoms with Crippen LogP contribution in [0.5, 0.6) is 5.75 Å². The van der Waals surface area contributed by atoms with Gasteiger partial charge < -0.3 is 20.4 Å². The number of benzene rings is 2. The highest BCUT2D eigenvalue weighted by atomic mass is 32.2. The SMILES string of the molecule is COc1cccc(NC(=O)[C@@H]2CC(=O)Nc3nc(SCc4ccccc4F)[nH]c(=O)c32)c1.